The van der Waals surface area contributed by atoms with Gasteiger partial charge in [0.05, 0.1) is 17.4 Å². The maximum atomic E-state index is 12.2. The molecule has 6 heteroatoms. The Morgan fingerprint density at radius 1 is 1.22 bits per heavy atom. The molecule has 140 valence electrons. The molecule has 3 heterocycles. The Labute approximate surface area is 157 Å². The van der Waals surface area contributed by atoms with Crippen molar-refractivity contribution < 1.29 is 19.0 Å². The minimum atomic E-state index is -0.381. The molecule has 0 N–H and O–H groups in total. The van der Waals surface area contributed by atoms with Crippen LogP contribution in [0.1, 0.15) is 34.5 Å². The zero-order valence-corrected chi connectivity index (χ0v) is 15.3. The van der Waals surface area contributed by atoms with Crippen LogP contribution in [0.4, 0.5) is 0 Å². The Morgan fingerprint density at radius 3 is 2.85 bits per heavy atom. The van der Waals surface area contributed by atoms with Crippen LogP contribution in [0.25, 0.3) is 5.65 Å². The van der Waals surface area contributed by atoms with Crippen LogP contribution >= 0.6 is 0 Å². The van der Waals surface area contributed by atoms with Crippen molar-refractivity contribution in [2.45, 2.75) is 32.5 Å². The summed E-state index contributed by atoms with van der Waals surface area (Å²) in [7, 11) is 0. The van der Waals surface area contributed by atoms with E-state index in [2.05, 4.69) is 4.98 Å². The molecule has 1 aromatic carbocycles. The van der Waals surface area contributed by atoms with Gasteiger partial charge in [0.15, 0.2) is 0 Å². The number of imidazole rings is 1. The normalized spacial score (nSPS) is 16.6. The number of ether oxygens (including phenoxy) is 3. The van der Waals surface area contributed by atoms with Crippen molar-refractivity contribution in [3.8, 4) is 5.75 Å². The number of aromatic nitrogens is 2. The van der Waals surface area contributed by atoms with Crippen LogP contribution in [0, 0.1) is 6.92 Å². The van der Waals surface area contributed by atoms with Crippen LogP contribution < -0.4 is 4.74 Å². The lowest BCUT2D eigenvalue weighted by atomic mass is 10.2. The van der Waals surface area contributed by atoms with Gasteiger partial charge in [0.25, 0.3) is 0 Å². The molecule has 4 rings (SSSR count). The third-order valence-electron chi connectivity index (χ3n) is 4.55. The van der Waals surface area contributed by atoms with Gasteiger partial charge < -0.3 is 18.6 Å². The van der Waals surface area contributed by atoms with E-state index in [9.17, 15) is 4.79 Å². The van der Waals surface area contributed by atoms with Gasteiger partial charge in [-0.15, -0.1) is 0 Å². The first kappa shape index (κ1) is 17.5. The summed E-state index contributed by atoms with van der Waals surface area (Å²) < 4.78 is 18.5. The molecule has 0 saturated carbocycles. The van der Waals surface area contributed by atoms with Gasteiger partial charge in [-0.2, -0.15) is 0 Å². The fourth-order valence-corrected chi connectivity index (χ4v) is 3.10. The maximum absolute atomic E-state index is 12.2. The first-order valence-electron chi connectivity index (χ1n) is 9.13. The van der Waals surface area contributed by atoms with Gasteiger partial charge >= 0.3 is 5.97 Å². The fourth-order valence-electron chi connectivity index (χ4n) is 3.10. The minimum Gasteiger partial charge on any atom is -0.491 e. The summed E-state index contributed by atoms with van der Waals surface area (Å²) >= 11 is 0. The number of carbonyl (C=O) groups excluding carboxylic acids is 1. The van der Waals surface area contributed by atoms with Crippen molar-refractivity contribution in [1.29, 1.82) is 0 Å². The predicted molar refractivity (Wildman–Crippen MR) is 100.0 cm³/mol. The third-order valence-corrected chi connectivity index (χ3v) is 4.55. The van der Waals surface area contributed by atoms with E-state index < -0.39 is 0 Å². The molecule has 0 aliphatic carbocycles. The molecule has 1 aliphatic rings. The lowest BCUT2D eigenvalue weighted by Crippen LogP contribution is -2.16. The highest BCUT2D eigenvalue weighted by molar-refractivity contribution is 5.89. The number of hydrogen-bond donors (Lipinski definition) is 0. The van der Waals surface area contributed by atoms with E-state index in [-0.39, 0.29) is 18.7 Å². The number of benzene rings is 1. The van der Waals surface area contributed by atoms with E-state index in [1.807, 2.05) is 35.9 Å². The van der Waals surface area contributed by atoms with Crippen LogP contribution in [0.15, 0.2) is 48.8 Å². The van der Waals surface area contributed by atoms with Crippen molar-refractivity contribution in [3.63, 3.8) is 0 Å². The largest absolute Gasteiger partial charge is 0.491 e. The number of esters is 1. The van der Waals surface area contributed by atoms with E-state index >= 15 is 0 Å². The molecule has 2 aromatic heterocycles. The molecule has 0 unspecified atom stereocenters. The van der Waals surface area contributed by atoms with Gasteiger partial charge in [0.1, 0.15) is 24.6 Å². The predicted octanol–water partition coefficient (Wildman–Crippen LogP) is 3.56. The number of fused-ring (bicyclic) bond motifs is 1. The molecule has 0 spiro atoms. The summed E-state index contributed by atoms with van der Waals surface area (Å²) in [5, 5.41) is 0. The average Bonchev–Trinajstić information content (AvgIpc) is 3.34. The standard InChI is InChI=1S/C21H22N2O4/c1-15-4-9-20-22-17(12-23(20)11-15)13-27-21(24)16-5-7-18(8-6-16)26-14-19-3-2-10-25-19/h4-9,11-12,19H,2-3,10,13-14H2,1H3/t19-/m0/s1. The van der Waals surface area contributed by atoms with E-state index in [1.54, 1.807) is 24.3 Å². The van der Waals surface area contributed by atoms with Crippen molar-refractivity contribution >= 4 is 11.6 Å². The lowest BCUT2D eigenvalue weighted by molar-refractivity contribution is 0.0468. The Morgan fingerprint density at radius 2 is 2.07 bits per heavy atom. The molecule has 0 radical (unpaired) electrons. The number of hydrogen-bond acceptors (Lipinski definition) is 5. The molecule has 6 nitrogen and oxygen atoms in total. The van der Waals surface area contributed by atoms with E-state index in [0.717, 1.165) is 36.4 Å². The number of nitrogens with zero attached hydrogens (tertiary/aromatic N) is 2. The Kier molecular flexibility index (Phi) is 5.07. The third kappa shape index (κ3) is 4.28. The zero-order chi connectivity index (χ0) is 18.6. The second-order valence-electron chi connectivity index (χ2n) is 6.75. The number of rotatable bonds is 6. The molecule has 0 amide bonds. The summed E-state index contributed by atoms with van der Waals surface area (Å²) in [6, 6.07) is 10.9. The quantitative estimate of drug-likeness (QED) is 0.624. The topological polar surface area (TPSA) is 62.1 Å². The van der Waals surface area contributed by atoms with Gasteiger partial charge in [-0.1, -0.05) is 6.07 Å². The molecule has 0 bridgehead atoms. The summed E-state index contributed by atoms with van der Waals surface area (Å²) in [5.74, 6) is 0.340. The highest BCUT2D eigenvalue weighted by Crippen LogP contribution is 2.17. The highest BCUT2D eigenvalue weighted by Gasteiger charge is 2.16. The summed E-state index contributed by atoms with van der Waals surface area (Å²) in [5.41, 5.74) is 3.18. The first-order valence-corrected chi connectivity index (χ1v) is 9.13. The molecule has 27 heavy (non-hydrogen) atoms. The van der Waals surface area contributed by atoms with Crippen LogP contribution in [-0.4, -0.2) is 34.7 Å². The van der Waals surface area contributed by atoms with Crippen molar-refractivity contribution in [1.82, 2.24) is 9.38 Å². The molecule has 1 aliphatic heterocycles. The second kappa shape index (κ2) is 7.80. The van der Waals surface area contributed by atoms with E-state index in [0.29, 0.717) is 17.9 Å². The molecular weight excluding hydrogens is 344 g/mol. The van der Waals surface area contributed by atoms with Crippen molar-refractivity contribution in [2.75, 3.05) is 13.2 Å². The smallest absolute Gasteiger partial charge is 0.338 e. The second-order valence-corrected chi connectivity index (χ2v) is 6.75. The van der Waals surface area contributed by atoms with Gasteiger partial charge in [-0.25, -0.2) is 9.78 Å². The minimum absolute atomic E-state index is 0.136. The van der Waals surface area contributed by atoms with Crippen LogP contribution in [-0.2, 0) is 16.1 Å². The van der Waals surface area contributed by atoms with Crippen molar-refractivity contribution in [3.05, 3.63) is 65.6 Å². The molecule has 1 saturated heterocycles. The average molecular weight is 366 g/mol. The lowest BCUT2D eigenvalue weighted by Gasteiger charge is -2.11. The zero-order valence-electron chi connectivity index (χ0n) is 15.3. The monoisotopic (exact) mass is 366 g/mol. The van der Waals surface area contributed by atoms with Gasteiger partial charge in [-0.05, 0) is 55.7 Å². The Hall–Kier alpha value is -2.86. The Balaban J connectivity index is 1.31. The Bertz CT molecular complexity index is 927. The summed E-state index contributed by atoms with van der Waals surface area (Å²) in [6.07, 6.45) is 6.15. The molecular formula is C21H22N2O4. The summed E-state index contributed by atoms with van der Waals surface area (Å²) in [6.45, 7) is 3.51. The summed E-state index contributed by atoms with van der Waals surface area (Å²) in [4.78, 5) is 16.7. The molecule has 3 aromatic rings. The van der Waals surface area contributed by atoms with Gasteiger partial charge in [0.2, 0.25) is 0 Å². The van der Waals surface area contributed by atoms with Crippen molar-refractivity contribution in [2.24, 2.45) is 0 Å². The van der Waals surface area contributed by atoms with E-state index in [4.69, 9.17) is 14.2 Å². The van der Waals surface area contributed by atoms with Gasteiger partial charge in [-0.3, -0.25) is 0 Å². The maximum Gasteiger partial charge on any atom is 0.338 e. The fraction of sp³-hybridized carbons (Fsp3) is 0.333. The van der Waals surface area contributed by atoms with Crippen LogP contribution in [0.3, 0.4) is 0 Å². The molecule has 1 atom stereocenters. The van der Waals surface area contributed by atoms with Crippen LogP contribution in [0.2, 0.25) is 0 Å². The highest BCUT2D eigenvalue weighted by atomic mass is 16.5. The van der Waals surface area contributed by atoms with E-state index in [1.165, 1.54) is 0 Å². The number of pyridine rings is 1. The number of carbonyl (C=O) groups is 1. The molecule has 1 fully saturated rings. The number of aryl methyl sites for hydroxylation is 1. The van der Waals surface area contributed by atoms with Gasteiger partial charge in [0, 0.05) is 19.0 Å². The van der Waals surface area contributed by atoms with Crippen LogP contribution in [0.5, 0.6) is 5.75 Å². The first-order chi connectivity index (χ1) is 13.2. The SMILES string of the molecule is Cc1ccc2nc(COC(=O)c3ccc(OC[C@@H]4CCCO4)cc3)cn2c1.